The molecule has 0 atom stereocenters. The highest BCUT2D eigenvalue weighted by molar-refractivity contribution is 7.98. The molecule has 0 radical (unpaired) electrons. The Morgan fingerprint density at radius 1 is 1.15 bits per heavy atom. The maximum atomic E-state index is 15.1. The van der Waals surface area contributed by atoms with Crippen molar-refractivity contribution in [2.75, 3.05) is 26.0 Å². The molecule has 3 saturated carbocycles. The number of methoxy groups -OCH3 is 1. The van der Waals surface area contributed by atoms with Crippen LogP contribution in [0, 0.1) is 11.7 Å². The molecule has 9 nitrogen and oxygen atoms in total. The normalized spacial score (nSPS) is 21.9. The lowest BCUT2D eigenvalue weighted by atomic mass is 9.49. The molecule has 206 valence electrons. The number of carbonyl (C=O) groups excluding carboxylic acids is 2. The van der Waals surface area contributed by atoms with Crippen molar-refractivity contribution in [3.05, 3.63) is 80.9 Å². The van der Waals surface area contributed by atoms with Crippen LogP contribution >= 0.6 is 11.8 Å². The molecule has 3 aromatic rings. The van der Waals surface area contributed by atoms with Gasteiger partial charge in [-0.1, -0.05) is 18.2 Å². The number of thioether (sulfide) groups is 1. The number of rotatable bonds is 5. The Labute approximate surface area is 233 Å². The van der Waals surface area contributed by atoms with E-state index in [1.54, 1.807) is 16.7 Å². The van der Waals surface area contributed by atoms with E-state index in [-0.39, 0.29) is 29.6 Å². The Balaban J connectivity index is 1.37. The fraction of sp³-hybridized carbons (Fsp3) is 0.345. The Bertz CT molecular complexity index is 1620. The number of benzene rings is 2. The highest BCUT2D eigenvalue weighted by Gasteiger charge is 2.62. The molecule has 3 aliphatic carbocycles. The molecule has 11 heteroatoms. The largest absolute Gasteiger partial charge is 0.510 e. The molecule has 1 amide bonds. The van der Waals surface area contributed by atoms with Gasteiger partial charge < -0.3 is 24.5 Å². The maximum Gasteiger partial charge on any atom is 0.510 e. The van der Waals surface area contributed by atoms with Crippen molar-refractivity contribution in [3.63, 3.8) is 0 Å². The van der Waals surface area contributed by atoms with E-state index in [9.17, 15) is 14.4 Å². The third-order valence-corrected chi connectivity index (χ3v) is 9.60. The third-order valence-electron chi connectivity index (χ3n) is 8.44. The van der Waals surface area contributed by atoms with E-state index in [1.807, 2.05) is 18.2 Å². The van der Waals surface area contributed by atoms with Crippen LogP contribution in [0.1, 0.15) is 46.4 Å². The van der Waals surface area contributed by atoms with Crippen molar-refractivity contribution in [3.8, 4) is 17.0 Å². The standard InChI is InChI=1S/C29H26FN3O6S/c1-37-28(36)39-15-38-26-23(34)9-22(33-25(26)27(35)32(14-31-33)29-10-16(11-29)12-29)21-8-19(30)6-18-13-40-24-5-3-2-4-17(24)7-20(18)21/h2-6,8-9,16,31H,7,10-15H2,1H3. The first-order valence-corrected chi connectivity index (χ1v) is 14.1. The molecule has 1 aromatic heterocycles. The Kier molecular flexibility index (Phi) is 5.81. The van der Waals surface area contributed by atoms with E-state index in [2.05, 4.69) is 16.2 Å². The van der Waals surface area contributed by atoms with Gasteiger partial charge in [0.15, 0.2) is 5.69 Å². The predicted octanol–water partition coefficient (Wildman–Crippen LogP) is 4.48. The first-order valence-electron chi connectivity index (χ1n) is 13.1. The molecule has 0 unspecified atom stereocenters. The summed E-state index contributed by atoms with van der Waals surface area (Å²) in [5, 5.41) is 0. The smallest absolute Gasteiger partial charge is 0.451 e. The number of ether oxygens (including phenoxy) is 3. The molecule has 0 saturated heterocycles. The van der Waals surface area contributed by atoms with Gasteiger partial charge >= 0.3 is 6.16 Å². The average molecular weight is 564 g/mol. The summed E-state index contributed by atoms with van der Waals surface area (Å²) in [6.07, 6.45) is 2.36. The van der Waals surface area contributed by atoms with Gasteiger partial charge in [-0.05, 0) is 66.5 Å². The van der Waals surface area contributed by atoms with Gasteiger partial charge in [0.05, 0.1) is 12.8 Å². The van der Waals surface area contributed by atoms with Crippen molar-refractivity contribution in [2.45, 2.75) is 41.9 Å². The highest BCUT2D eigenvalue weighted by Crippen LogP contribution is 2.61. The van der Waals surface area contributed by atoms with Crippen molar-refractivity contribution < 1.29 is 28.2 Å². The van der Waals surface area contributed by atoms with E-state index < -0.39 is 24.2 Å². The topological polar surface area (TPSA) is 99.1 Å². The Hall–Kier alpha value is -3.99. The number of halogens is 1. The van der Waals surface area contributed by atoms with Crippen LogP contribution < -0.4 is 15.6 Å². The summed E-state index contributed by atoms with van der Waals surface area (Å²) in [6.45, 7) is -0.374. The second-order valence-electron chi connectivity index (χ2n) is 10.7. The molecule has 5 aliphatic rings. The first kappa shape index (κ1) is 25.0. The molecule has 0 spiro atoms. The van der Waals surface area contributed by atoms with Gasteiger partial charge in [0.25, 0.3) is 5.91 Å². The van der Waals surface area contributed by atoms with Gasteiger partial charge in [-0.3, -0.25) is 9.59 Å². The van der Waals surface area contributed by atoms with Crippen LogP contribution in [0.25, 0.3) is 11.3 Å². The van der Waals surface area contributed by atoms with Gasteiger partial charge in [-0.25, -0.2) is 13.9 Å². The lowest BCUT2D eigenvalue weighted by Crippen LogP contribution is -2.71. The number of pyridine rings is 1. The Morgan fingerprint density at radius 2 is 1.95 bits per heavy atom. The monoisotopic (exact) mass is 563 g/mol. The molecular formula is C29H26FN3O6S. The van der Waals surface area contributed by atoms with Crippen LogP contribution in [0.15, 0.2) is 52.2 Å². The van der Waals surface area contributed by atoms with Gasteiger partial charge in [-0.2, -0.15) is 0 Å². The minimum Gasteiger partial charge on any atom is -0.451 e. The second-order valence-corrected chi connectivity index (χ2v) is 11.7. The fourth-order valence-electron chi connectivity index (χ4n) is 6.37. The van der Waals surface area contributed by atoms with Crippen LogP contribution in [-0.4, -0.2) is 47.7 Å². The summed E-state index contributed by atoms with van der Waals surface area (Å²) in [6, 6.07) is 12.4. The lowest BCUT2D eigenvalue weighted by molar-refractivity contribution is -0.124. The number of carbonyl (C=O) groups is 2. The molecule has 1 N–H and O–H groups in total. The van der Waals surface area contributed by atoms with Crippen molar-refractivity contribution in [2.24, 2.45) is 5.92 Å². The van der Waals surface area contributed by atoms with Crippen LogP contribution in [0.2, 0.25) is 0 Å². The molecule has 40 heavy (non-hydrogen) atoms. The molecule has 2 aliphatic heterocycles. The summed E-state index contributed by atoms with van der Waals surface area (Å²) in [5.74, 6) is 0.184. The van der Waals surface area contributed by atoms with E-state index in [4.69, 9.17) is 9.47 Å². The van der Waals surface area contributed by atoms with Gasteiger partial charge in [0.2, 0.25) is 18.0 Å². The molecule has 2 aromatic carbocycles. The van der Waals surface area contributed by atoms with E-state index in [0.717, 1.165) is 48.0 Å². The zero-order valence-corrected chi connectivity index (χ0v) is 22.5. The summed E-state index contributed by atoms with van der Waals surface area (Å²) >= 11 is 1.65. The summed E-state index contributed by atoms with van der Waals surface area (Å²) in [7, 11) is 1.15. The lowest BCUT2D eigenvalue weighted by Gasteiger charge is -2.66. The second kappa shape index (κ2) is 9.29. The SMILES string of the molecule is COC(=O)OCOc1c2n(c(-c3cc(F)cc4c3Cc3ccccc3SC4)cc1=O)NCN(C13CC(C1)C3)C2=O. The van der Waals surface area contributed by atoms with Crippen LogP contribution in [0.4, 0.5) is 9.18 Å². The predicted molar refractivity (Wildman–Crippen MR) is 144 cm³/mol. The van der Waals surface area contributed by atoms with Crippen LogP contribution in [0.5, 0.6) is 5.75 Å². The minimum absolute atomic E-state index is 0.00616. The van der Waals surface area contributed by atoms with Gasteiger partial charge in [0.1, 0.15) is 12.5 Å². The molecule has 3 heterocycles. The maximum absolute atomic E-state index is 15.1. The first-order chi connectivity index (χ1) is 19.4. The number of fused-ring (bicyclic) bond motifs is 3. The van der Waals surface area contributed by atoms with Gasteiger partial charge in [0, 0.05) is 27.8 Å². The number of aromatic nitrogens is 1. The number of hydrogen-bond acceptors (Lipinski definition) is 8. The summed E-state index contributed by atoms with van der Waals surface area (Å²) in [4.78, 5) is 41.9. The van der Waals surface area contributed by atoms with Crippen molar-refractivity contribution in [1.29, 1.82) is 0 Å². The van der Waals surface area contributed by atoms with E-state index in [0.29, 0.717) is 29.3 Å². The summed E-state index contributed by atoms with van der Waals surface area (Å²) < 4.78 is 31.5. The summed E-state index contributed by atoms with van der Waals surface area (Å²) in [5.41, 5.74) is 6.23. The number of hydrogen-bond donors (Lipinski definition) is 1. The van der Waals surface area contributed by atoms with Crippen LogP contribution in [0.3, 0.4) is 0 Å². The average Bonchev–Trinajstić information content (AvgIpc) is 3.08. The molecule has 2 bridgehead atoms. The molecule has 3 fully saturated rings. The Morgan fingerprint density at radius 3 is 2.70 bits per heavy atom. The fourth-order valence-corrected chi connectivity index (χ4v) is 7.44. The van der Waals surface area contributed by atoms with E-state index in [1.165, 1.54) is 22.9 Å². The minimum atomic E-state index is -0.980. The van der Waals surface area contributed by atoms with Crippen molar-refractivity contribution >= 4 is 23.8 Å². The van der Waals surface area contributed by atoms with Crippen LogP contribution in [-0.2, 0) is 21.6 Å². The van der Waals surface area contributed by atoms with Gasteiger partial charge in [-0.15, -0.1) is 11.8 Å². The number of nitrogens with zero attached hydrogens (tertiary/aromatic N) is 2. The van der Waals surface area contributed by atoms with E-state index >= 15 is 4.39 Å². The molecular weight excluding hydrogens is 537 g/mol. The third kappa shape index (κ3) is 3.86. The zero-order valence-electron chi connectivity index (χ0n) is 21.7. The highest BCUT2D eigenvalue weighted by atomic mass is 32.2. The zero-order chi connectivity index (χ0) is 27.6. The number of nitrogens with one attached hydrogen (secondary N) is 1. The van der Waals surface area contributed by atoms with Crippen molar-refractivity contribution in [1.82, 2.24) is 9.58 Å². The molecule has 8 rings (SSSR count). The number of amides is 1. The quantitative estimate of drug-likeness (QED) is 0.359.